The third-order valence-electron chi connectivity index (χ3n) is 2.56. The van der Waals surface area contributed by atoms with E-state index >= 15 is 0 Å². The monoisotopic (exact) mass is 217 g/mol. The van der Waals surface area contributed by atoms with Crippen molar-refractivity contribution in [3.8, 4) is 0 Å². The van der Waals surface area contributed by atoms with Gasteiger partial charge in [-0.3, -0.25) is 4.79 Å². The van der Waals surface area contributed by atoms with Crippen LogP contribution in [0.1, 0.15) is 30.3 Å². The van der Waals surface area contributed by atoms with E-state index in [0.29, 0.717) is 18.9 Å². The predicted octanol–water partition coefficient (Wildman–Crippen LogP) is 1.20. The second-order valence-corrected chi connectivity index (χ2v) is 3.92. The Labute approximate surface area is 94.8 Å². The molecule has 1 N–H and O–H groups in total. The predicted molar refractivity (Wildman–Crippen MR) is 60.9 cm³/mol. The number of amides is 1. The molecule has 1 aromatic heterocycles. The van der Waals surface area contributed by atoms with Crippen molar-refractivity contribution in [2.75, 3.05) is 6.54 Å². The van der Waals surface area contributed by atoms with Crippen molar-refractivity contribution < 1.29 is 4.79 Å². The third-order valence-corrected chi connectivity index (χ3v) is 2.56. The Morgan fingerprint density at radius 2 is 2.44 bits per heavy atom. The first-order valence-electron chi connectivity index (χ1n) is 5.51. The Bertz CT molecular complexity index is 399. The fraction of sp³-hybridized carbons (Fsp3) is 0.417. The van der Waals surface area contributed by atoms with E-state index in [9.17, 15) is 4.79 Å². The molecule has 0 saturated heterocycles. The second-order valence-electron chi connectivity index (χ2n) is 3.92. The number of nitrogens with zero attached hydrogens (tertiary/aromatic N) is 2. The van der Waals surface area contributed by atoms with Gasteiger partial charge in [-0.15, -0.1) is 0 Å². The molecular weight excluding hydrogens is 202 g/mol. The molecule has 0 radical (unpaired) electrons. The molecule has 1 aromatic rings. The summed E-state index contributed by atoms with van der Waals surface area (Å²) < 4.78 is 0. The zero-order valence-electron chi connectivity index (χ0n) is 9.15. The highest BCUT2D eigenvalue weighted by molar-refractivity contribution is 5.86. The number of rotatable bonds is 5. The van der Waals surface area contributed by atoms with Crippen molar-refractivity contribution >= 4 is 5.91 Å². The maximum absolute atomic E-state index is 10.9. The van der Waals surface area contributed by atoms with Crippen molar-refractivity contribution in [3.05, 3.63) is 36.4 Å². The van der Waals surface area contributed by atoms with E-state index in [0.717, 1.165) is 11.5 Å². The van der Waals surface area contributed by atoms with Gasteiger partial charge in [0.05, 0.1) is 0 Å². The molecule has 0 aromatic carbocycles. The Morgan fingerprint density at radius 3 is 3.12 bits per heavy atom. The van der Waals surface area contributed by atoms with Crippen LogP contribution < -0.4 is 5.32 Å². The van der Waals surface area contributed by atoms with Gasteiger partial charge in [0.1, 0.15) is 5.82 Å². The van der Waals surface area contributed by atoms with Crippen LogP contribution in [0, 0.1) is 0 Å². The summed E-state index contributed by atoms with van der Waals surface area (Å²) in [5.41, 5.74) is 1.14. The highest BCUT2D eigenvalue weighted by atomic mass is 16.1. The van der Waals surface area contributed by atoms with Crippen molar-refractivity contribution in [1.29, 1.82) is 0 Å². The lowest BCUT2D eigenvalue weighted by Crippen LogP contribution is -2.23. The maximum Gasteiger partial charge on any atom is 0.243 e. The zero-order valence-corrected chi connectivity index (χ0v) is 9.15. The first-order chi connectivity index (χ1) is 7.79. The first kappa shape index (κ1) is 10.8. The van der Waals surface area contributed by atoms with Gasteiger partial charge in [0.15, 0.2) is 0 Å². The van der Waals surface area contributed by atoms with Crippen LogP contribution >= 0.6 is 0 Å². The number of aromatic nitrogens is 2. The van der Waals surface area contributed by atoms with Crippen LogP contribution in [0.4, 0.5) is 0 Å². The lowest BCUT2D eigenvalue weighted by molar-refractivity contribution is -0.116. The SMILES string of the molecule is C=CC(=O)NCCc1nccc(C2CC2)n1. The summed E-state index contributed by atoms with van der Waals surface area (Å²) in [5.74, 6) is 1.29. The van der Waals surface area contributed by atoms with Crippen molar-refractivity contribution in [2.45, 2.75) is 25.2 Å². The molecule has 1 saturated carbocycles. The van der Waals surface area contributed by atoms with Gasteiger partial charge < -0.3 is 5.32 Å². The summed E-state index contributed by atoms with van der Waals surface area (Å²) in [4.78, 5) is 19.6. The molecule has 0 unspecified atom stereocenters. The van der Waals surface area contributed by atoms with Crippen LogP contribution in [0.3, 0.4) is 0 Å². The van der Waals surface area contributed by atoms with E-state index in [1.165, 1.54) is 18.9 Å². The summed E-state index contributed by atoms with van der Waals surface area (Å²) in [5, 5.41) is 2.71. The summed E-state index contributed by atoms with van der Waals surface area (Å²) in [7, 11) is 0. The van der Waals surface area contributed by atoms with Gasteiger partial charge in [-0.1, -0.05) is 6.58 Å². The lowest BCUT2D eigenvalue weighted by atomic mass is 10.2. The van der Waals surface area contributed by atoms with Crippen LogP contribution in [0.2, 0.25) is 0 Å². The maximum atomic E-state index is 10.9. The highest BCUT2D eigenvalue weighted by Crippen LogP contribution is 2.38. The van der Waals surface area contributed by atoms with Gasteiger partial charge in [-0.05, 0) is 25.0 Å². The minimum absolute atomic E-state index is 0.154. The molecule has 0 atom stereocenters. The molecule has 1 amide bonds. The average molecular weight is 217 g/mol. The van der Waals surface area contributed by atoms with E-state index in [-0.39, 0.29) is 5.91 Å². The number of carbonyl (C=O) groups is 1. The van der Waals surface area contributed by atoms with Crippen molar-refractivity contribution in [3.63, 3.8) is 0 Å². The topological polar surface area (TPSA) is 54.9 Å². The number of hydrogen-bond donors (Lipinski definition) is 1. The van der Waals surface area contributed by atoms with Crippen LogP contribution in [-0.2, 0) is 11.2 Å². The third kappa shape index (κ3) is 2.89. The Kier molecular flexibility index (Phi) is 3.29. The number of hydrogen-bond acceptors (Lipinski definition) is 3. The smallest absolute Gasteiger partial charge is 0.243 e. The summed E-state index contributed by atoms with van der Waals surface area (Å²) in [6, 6.07) is 1.98. The molecular formula is C12H15N3O. The Hall–Kier alpha value is -1.71. The summed E-state index contributed by atoms with van der Waals surface area (Å²) in [6.07, 6.45) is 6.21. The molecule has 1 aliphatic rings. The highest BCUT2D eigenvalue weighted by Gasteiger charge is 2.24. The molecule has 4 nitrogen and oxygen atoms in total. The van der Waals surface area contributed by atoms with Crippen LogP contribution in [0.15, 0.2) is 24.9 Å². The van der Waals surface area contributed by atoms with Crippen molar-refractivity contribution in [1.82, 2.24) is 15.3 Å². The molecule has 1 heterocycles. The molecule has 84 valence electrons. The van der Waals surface area contributed by atoms with Gasteiger partial charge >= 0.3 is 0 Å². The van der Waals surface area contributed by atoms with Gasteiger partial charge in [0.25, 0.3) is 0 Å². The van der Waals surface area contributed by atoms with E-state index in [4.69, 9.17) is 0 Å². The second kappa shape index (κ2) is 4.88. The lowest BCUT2D eigenvalue weighted by Gasteiger charge is -2.03. The quantitative estimate of drug-likeness (QED) is 0.754. The summed E-state index contributed by atoms with van der Waals surface area (Å²) >= 11 is 0. The largest absolute Gasteiger partial charge is 0.352 e. The van der Waals surface area contributed by atoms with Crippen LogP contribution in [-0.4, -0.2) is 22.4 Å². The minimum Gasteiger partial charge on any atom is -0.352 e. The summed E-state index contributed by atoms with van der Waals surface area (Å²) in [6.45, 7) is 3.94. The van der Waals surface area contributed by atoms with E-state index in [1.807, 2.05) is 6.07 Å². The fourth-order valence-electron chi connectivity index (χ4n) is 1.51. The van der Waals surface area contributed by atoms with Gasteiger partial charge in [-0.25, -0.2) is 9.97 Å². The van der Waals surface area contributed by atoms with Crippen LogP contribution in [0.25, 0.3) is 0 Å². The molecule has 1 fully saturated rings. The number of nitrogens with one attached hydrogen (secondary N) is 1. The van der Waals surface area contributed by atoms with E-state index in [1.54, 1.807) is 6.20 Å². The molecule has 16 heavy (non-hydrogen) atoms. The average Bonchev–Trinajstić information content (AvgIpc) is 3.13. The van der Waals surface area contributed by atoms with Gasteiger partial charge in [0, 0.05) is 30.8 Å². The number of carbonyl (C=O) groups excluding carboxylic acids is 1. The standard InChI is InChI=1S/C12H15N3O/c1-2-12(16)14-8-6-11-13-7-5-10(15-11)9-3-4-9/h2,5,7,9H,1,3-4,6,8H2,(H,14,16). The molecule has 0 spiro atoms. The fourth-order valence-corrected chi connectivity index (χ4v) is 1.51. The van der Waals surface area contributed by atoms with E-state index < -0.39 is 0 Å². The van der Waals surface area contributed by atoms with Crippen LogP contribution in [0.5, 0.6) is 0 Å². The Balaban J connectivity index is 1.86. The molecule has 0 aliphatic heterocycles. The zero-order chi connectivity index (χ0) is 11.4. The van der Waals surface area contributed by atoms with Gasteiger partial charge in [-0.2, -0.15) is 0 Å². The molecule has 2 rings (SSSR count). The van der Waals surface area contributed by atoms with Gasteiger partial charge in [0.2, 0.25) is 5.91 Å². The molecule has 1 aliphatic carbocycles. The first-order valence-corrected chi connectivity index (χ1v) is 5.51. The Morgan fingerprint density at radius 1 is 1.62 bits per heavy atom. The molecule has 0 bridgehead atoms. The minimum atomic E-state index is -0.154. The normalized spacial score (nSPS) is 14.5. The van der Waals surface area contributed by atoms with E-state index in [2.05, 4.69) is 21.9 Å². The van der Waals surface area contributed by atoms with Crippen molar-refractivity contribution in [2.24, 2.45) is 0 Å². The molecule has 4 heteroatoms.